The summed E-state index contributed by atoms with van der Waals surface area (Å²) >= 11 is 0. The maximum atomic E-state index is 5.19. The van der Waals surface area contributed by atoms with Gasteiger partial charge in [-0.1, -0.05) is 122 Å². The molecule has 0 radical (unpaired) electrons. The first-order chi connectivity index (χ1) is 14.9. The van der Waals surface area contributed by atoms with Crippen LogP contribution >= 0.6 is 0 Å². The number of nitrogens with one attached hydrogen (secondary N) is 1. The minimum Gasteiger partial charge on any atom is -0.497 e. The maximum Gasteiger partial charge on any atom is 0.119 e. The second-order valence-electron chi connectivity index (χ2n) is 9.02. The van der Waals surface area contributed by atoms with Crippen molar-refractivity contribution in [3.63, 3.8) is 0 Å². The van der Waals surface area contributed by atoms with Crippen molar-refractivity contribution >= 4 is 5.69 Å². The lowest BCUT2D eigenvalue weighted by molar-refractivity contribution is 0.415. The third-order valence-corrected chi connectivity index (χ3v) is 6.20. The highest BCUT2D eigenvalue weighted by Crippen LogP contribution is 2.16. The molecule has 0 bridgehead atoms. The highest BCUT2D eigenvalue weighted by Gasteiger charge is 1.96. The average Bonchev–Trinajstić information content (AvgIpc) is 2.78. The lowest BCUT2D eigenvalue weighted by atomic mass is 10.0. The van der Waals surface area contributed by atoms with E-state index in [2.05, 4.69) is 24.4 Å². The van der Waals surface area contributed by atoms with Crippen LogP contribution in [0.3, 0.4) is 0 Å². The summed E-state index contributed by atoms with van der Waals surface area (Å²) in [6, 6.07) is 8.21. The van der Waals surface area contributed by atoms with E-state index in [1.165, 1.54) is 128 Å². The zero-order valence-corrected chi connectivity index (χ0v) is 20.4. The molecule has 0 unspecified atom stereocenters. The van der Waals surface area contributed by atoms with Crippen LogP contribution in [0.4, 0.5) is 5.69 Å². The van der Waals surface area contributed by atoms with Crippen molar-refractivity contribution in [3.8, 4) is 5.75 Å². The molecule has 0 spiro atoms. The van der Waals surface area contributed by atoms with E-state index in [4.69, 9.17) is 4.74 Å². The van der Waals surface area contributed by atoms with Crippen molar-refractivity contribution in [2.45, 2.75) is 129 Å². The summed E-state index contributed by atoms with van der Waals surface area (Å²) in [5, 5.41) is 3.50. The summed E-state index contributed by atoms with van der Waals surface area (Å²) in [7, 11) is 1.71. The minimum atomic E-state index is 0.920. The molecule has 0 heterocycles. The molecule has 0 aliphatic carbocycles. The number of anilines is 1. The Morgan fingerprint density at radius 3 is 1.27 bits per heavy atom. The highest BCUT2D eigenvalue weighted by molar-refractivity contribution is 5.46. The summed E-state index contributed by atoms with van der Waals surface area (Å²) in [5.41, 5.74) is 1.19. The number of hydrogen-bond donors (Lipinski definition) is 1. The molecule has 0 aliphatic rings. The fraction of sp³-hybridized carbons (Fsp3) is 0.786. The smallest absolute Gasteiger partial charge is 0.119 e. The Kier molecular flexibility index (Phi) is 18.9. The van der Waals surface area contributed by atoms with Gasteiger partial charge in [0.1, 0.15) is 5.75 Å². The van der Waals surface area contributed by atoms with Gasteiger partial charge in [0.25, 0.3) is 0 Å². The number of benzene rings is 1. The van der Waals surface area contributed by atoms with E-state index < -0.39 is 0 Å². The largest absolute Gasteiger partial charge is 0.497 e. The molecule has 1 aromatic rings. The Morgan fingerprint density at radius 1 is 0.533 bits per heavy atom. The molecule has 0 saturated carbocycles. The predicted octanol–water partition coefficient (Wildman–Crippen LogP) is 9.54. The van der Waals surface area contributed by atoms with Gasteiger partial charge in [0, 0.05) is 12.2 Å². The van der Waals surface area contributed by atoms with Gasteiger partial charge in [0.15, 0.2) is 0 Å². The number of unbranched alkanes of at least 4 members (excludes halogenated alkanes) is 18. The first-order valence-corrected chi connectivity index (χ1v) is 13.2. The minimum absolute atomic E-state index is 0.920. The second-order valence-corrected chi connectivity index (χ2v) is 9.02. The van der Waals surface area contributed by atoms with Crippen molar-refractivity contribution in [3.05, 3.63) is 24.3 Å². The Hall–Kier alpha value is -1.18. The van der Waals surface area contributed by atoms with Gasteiger partial charge in [-0.15, -0.1) is 0 Å². The fourth-order valence-electron chi connectivity index (χ4n) is 4.15. The molecule has 0 aliphatic heterocycles. The van der Waals surface area contributed by atoms with E-state index >= 15 is 0 Å². The van der Waals surface area contributed by atoms with E-state index in [0.29, 0.717) is 0 Å². The Bertz CT molecular complexity index is 456. The number of rotatable bonds is 22. The zero-order chi connectivity index (χ0) is 21.5. The fourth-order valence-corrected chi connectivity index (χ4v) is 4.15. The lowest BCUT2D eigenvalue weighted by Crippen LogP contribution is -2.01. The van der Waals surface area contributed by atoms with Crippen molar-refractivity contribution in [2.75, 3.05) is 19.0 Å². The number of methoxy groups -OCH3 is 1. The molecule has 1 rings (SSSR count). The third-order valence-electron chi connectivity index (χ3n) is 6.20. The maximum absolute atomic E-state index is 5.19. The van der Waals surface area contributed by atoms with E-state index in [1.807, 2.05) is 12.1 Å². The van der Waals surface area contributed by atoms with Crippen LogP contribution in [-0.2, 0) is 0 Å². The molecular weight excluding hydrogens is 366 g/mol. The van der Waals surface area contributed by atoms with Gasteiger partial charge in [-0.05, 0) is 30.7 Å². The van der Waals surface area contributed by atoms with Crippen LogP contribution in [0.15, 0.2) is 24.3 Å². The second kappa shape index (κ2) is 21.1. The average molecular weight is 418 g/mol. The van der Waals surface area contributed by atoms with Gasteiger partial charge >= 0.3 is 0 Å². The van der Waals surface area contributed by atoms with Gasteiger partial charge in [-0.3, -0.25) is 0 Å². The summed E-state index contributed by atoms with van der Waals surface area (Å²) in [6.07, 6.45) is 27.2. The molecule has 0 aromatic heterocycles. The quantitative estimate of drug-likeness (QED) is 0.190. The third kappa shape index (κ3) is 16.6. The first kappa shape index (κ1) is 26.9. The van der Waals surface area contributed by atoms with Crippen LogP contribution in [0.1, 0.15) is 129 Å². The van der Waals surface area contributed by atoms with Gasteiger partial charge < -0.3 is 10.1 Å². The molecule has 1 aromatic carbocycles. The molecular formula is C28H51NO. The molecule has 0 atom stereocenters. The van der Waals surface area contributed by atoms with Crippen LogP contribution in [-0.4, -0.2) is 13.7 Å². The van der Waals surface area contributed by atoms with E-state index in [0.717, 1.165) is 12.3 Å². The van der Waals surface area contributed by atoms with Gasteiger partial charge in [0.2, 0.25) is 0 Å². The van der Waals surface area contributed by atoms with Crippen LogP contribution in [0, 0.1) is 0 Å². The summed E-state index contributed by atoms with van der Waals surface area (Å²) in [6.45, 7) is 3.37. The van der Waals surface area contributed by atoms with Crippen LogP contribution in [0.25, 0.3) is 0 Å². The lowest BCUT2D eigenvalue weighted by Gasteiger charge is -2.07. The van der Waals surface area contributed by atoms with Gasteiger partial charge in [0.05, 0.1) is 7.11 Å². The standard InChI is InChI=1S/C28H51NO/c1-3-4-5-6-7-8-9-10-11-12-13-14-15-16-17-18-19-20-21-26-29-27-22-24-28(30-2)25-23-27/h22-25,29H,3-21,26H2,1-2H3. The van der Waals surface area contributed by atoms with Crippen molar-refractivity contribution < 1.29 is 4.74 Å². The van der Waals surface area contributed by atoms with Crippen LogP contribution in [0.5, 0.6) is 5.75 Å². The molecule has 2 nitrogen and oxygen atoms in total. The Labute approximate surface area is 188 Å². The Morgan fingerprint density at radius 2 is 0.900 bits per heavy atom. The molecule has 0 fully saturated rings. The molecule has 2 heteroatoms. The van der Waals surface area contributed by atoms with Crippen molar-refractivity contribution in [2.24, 2.45) is 0 Å². The summed E-state index contributed by atoms with van der Waals surface area (Å²) < 4.78 is 5.19. The SMILES string of the molecule is CCCCCCCCCCCCCCCCCCCCCNc1ccc(OC)cc1. The molecule has 30 heavy (non-hydrogen) atoms. The van der Waals surface area contributed by atoms with Crippen molar-refractivity contribution in [1.29, 1.82) is 0 Å². The zero-order valence-electron chi connectivity index (χ0n) is 20.4. The molecule has 174 valence electrons. The van der Waals surface area contributed by atoms with Gasteiger partial charge in [-0.25, -0.2) is 0 Å². The number of ether oxygens (including phenoxy) is 1. The van der Waals surface area contributed by atoms with Crippen molar-refractivity contribution in [1.82, 2.24) is 0 Å². The van der Waals surface area contributed by atoms with Gasteiger partial charge in [-0.2, -0.15) is 0 Å². The van der Waals surface area contributed by atoms with E-state index in [9.17, 15) is 0 Å². The topological polar surface area (TPSA) is 21.3 Å². The summed E-state index contributed by atoms with van der Waals surface area (Å²) in [5.74, 6) is 0.920. The highest BCUT2D eigenvalue weighted by atomic mass is 16.5. The van der Waals surface area contributed by atoms with Crippen LogP contribution < -0.4 is 10.1 Å². The number of hydrogen-bond acceptors (Lipinski definition) is 2. The van der Waals surface area contributed by atoms with Crippen LogP contribution in [0.2, 0.25) is 0 Å². The Balaban J connectivity index is 1.71. The molecule has 0 saturated heterocycles. The normalized spacial score (nSPS) is 11.0. The molecule has 0 amide bonds. The predicted molar refractivity (Wildman–Crippen MR) is 135 cm³/mol. The van der Waals surface area contributed by atoms with E-state index in [1.54, 1.807) is 7.11 Å². The summed E-state index contributed by atoms with van der Waals surface area (Å²) in [4.78, 5) is 0. The van der Waals surface area contributed by atoms with E-state index in [-0.39, 0.29) is 0 Å². The molecule has 1 N–H and O–H groups in total. The first-order valence-electron chi connectivity index (χ1n) is 13.2. The monoisotopic (exact) mass is 417 g/mol.